The third-order valence-corrected chi connectivity index (χ3v) is 2.01. The third-order valence-electron chi connectivity index (χ3n) is 1.78. The van der Waals surface area contributed by atoms with Crippen LogP contribution < -0.4 is 5.32 Å². The standard InChI is InChI=1S/C10H10ClNO3/c1-6(13)12-9(10(14)15)7-3-2-4-8(11)5-7/h2-5,9H,1H3,(H,12,13)(H,14,15). The summed E-state index contributed by atoms with van der Waals surface area (Å²) in [6, 6.07) is 5.32. The number of carboxylic acid groups (broad SMARTS) is 1. The summed E-state index contributed by atoms with van der Waals surface area (Å²) in [7, 11) is 0. The summed E-state index contributed by atoms with van der Waals surface area (Å²) in [6.07, 6.45) is 0. The number of amides is 1. The topological polar surface area (TPSA) is 66.4 Å². The molecule has 0 bridgehead atoms. The van der Waals surface area contributed by atoms with Crippen molar-refractivity contribution in [1.82, 2.24) is 5.32 Å². The zero-order valence-electron chi connectivity index (χ0n) is 8.03. The van der Waals surface area contributed by atoms with Crippen LogP contribution in [0, 0.1) is 0 Å². The number of rotatable bonds is 3. The predicted molar refractivity (Wildman–Crippen MR) is 55.6 cm³/mol. The van der Waals surface area contributed by atoms with E-state index in [1.54, 1.807) is 18.2 Å². The summed E-state index contributed by atoms with van der Waals surface area (Å²) in [6.45, 7) is 1.26. The average Bonchev–Trinajstić information content (AvgIpc) is 2.13. The Kier molecular flexibility index (Phi) is 3.68. The van der Waals surface area contributed by atoms with Crippen molar-refractivity contribution in [2.24, 2.45) is 0 Å². The molecule has 2 N–H and O–H groups in total. The Balaban J connectivity index is 2.98. The van der Waals surface area contributed by atoms with E-state index in [0.717, 1.165) is 0 Å². The van der Waals surface area contributed by atoms with E-state index >= 15 is 0 Å². The average molecular weight is 228 g/mol. The van der Waals surface area contributed by atoms with Crippen LogP contribution in [0.1, 0.15) is 18.5 Å². The van der Waals surface area contributed by atoms with Gasteiger partial charge in [-0.15, -0.1) is 0 Å². The highest BCUT2D eigenvalue weighted by Crippen LogP contribution is 2.17. The maximum Gasteiger partial charge on any atom is 0.330 e. The van der Waals surface area contributed by atoms with Crippen molar-refractivity contribution >= 4 is 23.5 Å². The second kappa shape index (κ2) is 4.79. The van der Waals surface area contributed by atoms with Crippen LogP contribution in [-0.2, 0) is 9.59 Å². The fourth-order valence-corrected chi connectivity index (χ4v) is 1.38. The number of halogens is 1. The van der Waals surface area contributed by atoms with Crippen LogP contribution in [0.15, 0.2) is 24.3 Å². The zero-order chi connectivity index (χ0) is 11.4. The Hall–Kier alpha value is -1.55. The van der Waals surface area contributed by atoms with Crippen LogP contribution in [-0.4, -0.2) is 17.0 Å². The largest absolute Gasteiger partial charge is 0.479 e. The predicted octanol–water partition coefficient (Wildman–Crippen LogP) is 1.60. The molecule has 0 fully saturated rings. The molecular weight excluding hydrogens is 218 g/mol. The first-order valence-electron chi connectivity index (χ1n) is 4.26. The van der Waals surface area contributed by atoms with E-state index in [4.69, 9.17) is 16.7 Å². The molecule has 0 radical (unpaired) electrons. The number of hydrogen-bond donors (Lipinski definition) is 2. The van der Waals surface area contributed by atoms with E-state index < -0.39 is 17.9 Å². The molecule has 0 saturated heterocycles. The molecule has 0 aromatic heterocycles. The SMILES string of the molecule is CC(=O)NC(C(=O)O)c1cccc(Cl)c1. The summed E-state index contributed by atoms with van der Waals surface area (Å²) in [5.74, 6) is -1.52. The second-order valence-electron chi connectivity index (χ2n) is 3.03. The van der Waals surface area contributed by atoms with Crippen molar-refractivity contribution in [2.45, 2.75) is 13.0 Å². The van der Waals surface area contributed by atoms with Crippen molar-refractivity contribution in [3.05, 3.63) is 34.9 Å². The third kappa shape index (κ3) is 3.25. The highest BCUT2D eigenvalue weighted by Gasteiger charge is 2.20. The van der Waals surface area contributed by atoms with Crippen molar-refractivity contribution in [1.29, 1.82) is 0 Å². The highest BCUT2D eigenvalue weighted by atomic mass is 35.5. The van der Waals surface area contributed by atoms with E-state index in [0.29, 0.717) is 10.6 Å². The lowest BCUT2D eigenvalue weighted by atomic mass is 10.1. The lowest BCUT2D eigenvalue weighted by Crippen LogP contribution is -2.31. The molecule has 4 nitrogen and oxygen atoms in total. The molecule has 0 heterocycles. The zero-order valence-corrected chi connectivity index (χ0v) is 8.78. The van der Waals surface area contributed by atoms with Gasteiger partial charge in [0.25, 0.3) is 0 Å². The molecule has 1 unspecified atom stereocenters. The molecule has 1 amide bonds. The molecule has 15 heavy (non-hydrogen) atoms. The summed E-state index contributed by atoms with van der Waals surface area (Å²) in [5, 5.41) is 11.7. The van der Waals surface area contributed by atoms with Gasteiger partial charge in [0.05, 0.1) is 0 Å². The summed E-state index contributed by atoms with van der Waals surface area (Å²) in [4.78, 5) is 21.7. The minimum absolute atomic E-state index is 0.401. The molecule has 80 valence electrons. The molecule has 0 aliphatic rings. The molecule has 1 atom stereocenters. The van der Waals surface area contributed by atoms with Gasteiger partial charge in [-0.1, -0.05) is 23.7 Å². The van der Waals surface area contributed by atoms with E-state index in [2.05, 4.69) is 5.32 Å². The molecule has 0 aliphatic carbocycles. The molecule has 1 aromatic rings. The number of aliphatic carboxylic acids is 1. The Morgan fingerprint density at radius 3 is 2.60 bits per heavy atom. The van der Waals surface area contributed by atoms with Gasteiger partial charge in [0.2, 0.25) is 5.91 Å². The summed E-state index contributed by atoms with van der Waals surface area (Å²) >= 11 is 5.72. The van der Waals surface area contributed by atoms with E-state index in [9.17, 15) is 9.59 Å². The van der Waals surface area contributed by atoms with Crippen molar-refractivity contribution in [2.75, 3.05) is 0 Å². The van der Waals surface area contributed by atoms with Gasteiger partial charge < -0.3 is 10.4 Å². The normalized spacial score (nSPS) is 11.9. The fourth-order valence-electron chi connectivity index (χ4n) is 1.18. The maximum absolute atomic E-state index is 10.9. The van der Waals surface area contributed by atoms with E-state index in [1.165, 1.54) is 13.0 Å². The second-order valence-corrected chi connectivity index (χ2v) is 3.46. The van der Waals surface area contributed by atoms with Gasteiger partial charge in [-0.05, 0) is 17.7 Å². The summed E-state index contributed by atoms with van der Waals surface area (Å²) in [5.41, 5.74) is 0.449. The molecule has 5 heteroatoms. The molecule has 0 spiro atoms. The fraction of sp³-hybridized carbons (Fsp3) is 0.200. The van der Waals surface area contributed by atoms with Gasteiger partial charge in [0.15, 0.2) is 6.04 Å². The Morgan fingerprint density at radius 1 is 1.47 bits per heavy atom. The van der Waals surface area contributed by atoms with Crippen molar-refractivity contribution < 1.29 is 14.7 Å². The number of carboxylic acids is 1. The van der Waals surface area contributed by atoms with Crippen LogP contribution in [0.5, 0.6) is 0 Å². The number of carbonyl (C=O) groups excluding carboxylic acids is 1. The first kappa shape index (κ1) is 11.5. The monoisotopic (exact) mass is 227 g/mol. The molecular formula is C10H10ClNO3. The Morgan fingerprint density at radius 2 is 2.13 bits per heavy atom. The lowest BCUT2D eigenvalue weighted by molar-refractivity contribution is -0.141. The van der Waals surface area contributed by atoms with Crippen molar-refractivity contribution in [3.63, 3.8) is 0 Å². The first-order valence-corrected chi connectivity index (χ1v) is 4.64. The van der Waals surface area contributed by atoms with Gasteiger partial charge in [0, 0.05) is 11.9 Å². The molecule has 0 aliphatic heterocycles. The molecule has 1 aromatic carbocycles. The van der Waals surface area contributed by atoms with Crippen LogP contribution in [0.25, 0.3) is 0 Å². The van der Waals surface area contributed by atoms with Crippen LogP contribution in [0.4, 0.5) is 0 Å². The van der Waals surface area contributed by atoms with Crippen LogP contribution >= 0.6 is 11.6 Å². The van der Waals surface area contributed by atoms with Gasteiger partial charge in [-0.2, -0.15) is 0 Å². The number of carbonyl (C=O) groups is 2. The summed E-state index contributed by atoms with van der Waals surface area (Å²) < 4.78 is 0. The van der Waals surface area contributed by atoms with E-state index in [-0.39, 0.29) is 0 Å². The van der Waals surface area contributed by atoms with Crippen molar-refractivity contribution in [3.8, 4) is 0 Å². The minimum Gasteiger partial charge on any atom is -0.479 e. The highest BCUT2D eigenvalue weighted by molar-refractivity contribution is 6.30. The molecule has 0 saturated carbocycles. The first-order chi connectivity index (χ1) is 7.00. The minimum atomic E-state index is -1.12. The number of nitrogens with one attached hydrogen (secondary N) is 1. The lowest BCUT2D eigenvalue weighted by Gasteiger charge is -2.13. The van der Waals surface area contributed by atoms with Crippen LogP contribution in [0.2, 0.25) is 5.02 Å². The maximum atomic E-state index is 10.9. The van der Waals surface area contributed by atoms with Gasteiger partial charge in [0.1, 0.15) is 0 Å². The van der Waals surface area contributed by atoms with Gasteiger partial charge in [-0.3, -0.25) is 4.79 Å². The Labute approximate surface area is 91.9 Å². The van der Waals surface area contributed by atoms with E-state index in [1.807, 2.05) is 0 Å². The van der Waals surface area contributed by atoms with Gasteiger partial charge >= 0.3 is 5.97 Å². The molecule has 1 rings (SSSR count). The Bertz CT molecular complexity index is 392. The van der Waals surface area contributed by atoms with Crippen LogP contribution in [0.3, 0.4) is 0 Å². The number of hydrogen-bond acceptors (Lipinski definition) is 2. The smallest absolute Gasteiger partial charge is 0.330 e. The quantitative estimate of drug-likeness (QED) is 0.824. The van der Waals surface area contributed by atoms with Gasteiger partial charge in [-0.25, -0.2) is 4.79 Å². The number of benzene rings is 1.